The molecule has 0 saturated heterocycles. The number of aromatic amines is 1. The lowest BCUT2D eigenvalue weighted by molar-refractivity contribution is 0.103. The highest BCUT2D eigenvalue weighted by atomic mass is 16.2. The van der Waals surface area contributed by atoms with Crippen LogP contribution < -0.4 is 5.56 Å². The third-order valence-electron chi connectivity index (χ3n) is 2.65. The fourth-order valence-electron chi connectivity index (χ4n) is 1.82. The minimum atomic E-state index is -0.381. The zero-order valence-electron chi connectivity index (χ0n) is 10.3. The van der Waals surface area contributed by atoms with E-state index >= 15 is 0 Å². The van der Waals surface area contributed by atoms with Gasteiger partial charge in [0.15, 0.2) is 0 Å². The molecule has 94 valence electrons. The Kier molecular flexibility index (Phi) is 3.36. The van der Waals surface area contributed by atoms with Crippen molar-refractivity contribution >= 4 is 5.78 Å². The number of hydrogen-bond acceptors (Lipinski definition) is 4. The van der Waals surface area contributed by atoms with Gasteiger partial charge in [-0.2, -0.15) is 5.10 Å². The number of carbonyl (C=O) groups excluding carboxylic acids is 1. The maximum Gasteiger partial charge on any atom is 0.277 e. The topological polar surface area (TPSA) is 80.6 Å². The van der Waals surface area contributed by atoms with Crippen LogP contribution >= 0.6 is 0 Å². The molecule has 2 rings (SSSR count). The van der Waals surface area contributed by atoms with E-state index in [0.717, 1.165) is 6.42 Å². The molecule has 0 radical (unpaired) electrons. The Morgan fingerprint density at radius 1 is 1.50 bits per heavy atom. The predicted molar refractivity (Wildman–Crippen MR) is 65.5 cm³/mol. The Morgan fingerprint density at radius 2 is 2.28 bits per heavy atom. The molecule has 1 N–H and O–H groups in total. The third kappa shape index (κ3) is 2.09. The molecule has 0 amide bonds. The first-order valence-electron chi connectivity index (χ1n) is 5.75. The van der Waals surface area contributed by atoms with Gasteiger partial charge in [-0.25, -0.2) is 0 Å². The average Bonchev–Trinajstić information content (AvgIpc) is 2.66. The van der Waals surface area contributed by atoms with Gasteiger partial charge in [-0.15, -0.1) is 5.10 Å². The van der Waals surface area contributed by atoms with Crippen LogP contribution in [0.1, 0.15) is 35.1 Å². The quantitative estimate of drug-likeness (QED) is 0.805. The van der Waals surface area contributed by atoms with Crippen molar-refractivity contribution in [2.75, 3.05) is 0 Å². The summed E-state index contributed by atoms with van der Waals surface area (Å²) in [5, 5.41) is 10.3. The number of nitrogens with zero attached hydrogens (tertiary/aromatic N) is 3. The molecule has 2 heterocycles. The second-order valence-electron chi connectivity index (χ2n) is 4.02. The molecule has 0 aliphatic heterocycles. The van der Waals surface area contributed by atoms with E-state index in [4.69, 9.17) is 0 Å². The number of H-pyrrole nitrogens is 1. The molecule has 0 fully saturated rings. The summed E-state index contributed by atoms with van der Waals surface area (Å²) in [7, 11) is 1.59. The van der Waals surface area contributed by atoms with Crippen molar-refractivity contribution in [1.82, 2.24) is 20.0 Å². The Hall–Kier alpha value is -2.24. The molecule has 0 spiro atoms. The van der Waals surface area contributed by atoms with E-state index in [1.807, 2.05) is 6.92 Å². The number of aromatic nitrogens is 4. The third-order valence-corrected chi connectivity index (χ3v) is 2.65. The molecule has 18 heavy (non-hydrogen) atoms. The van der Waals surface area contributed by atoms with Gasteiger partial charge < -0.3 is 0 Å². The maximum absolute atomic E-state index is 12.2. The molecular weight excluding hydrogens is 232 g/mol. The summed E-state index contributed by atoms with van der Waals surface area (Å²) in [5.41, 5.74) is 0.682. The van der Waals surface area contributed by atoms with Gasteiger partial charge in [-0.3, -0.25) is 19.4 Å². The average molecular weight is 246 g/mol. The van der Waals surface area contributed by atoms with Crippen LogP contribution in [0.15, 0.2) is 23.1 Å². The summed E-state index contributed by atoms with van der Waals surface area (Å²) >= 11 is 0. The molecule has 0 bridgehead atoms. The van der Waals surface area contributed by atoms with E-state index in [1.165, 1.54) is 10.9 Å². The van der Waals surface area contributed by atoms with E-state index in [-0.39, 0.29) is 22.6 Å². The molecule has 0 unspecified atom stereocenters. The van der Waals surface area contributed by atoms with Gasteiger partial charge in [0.1, 0.15) is 11.3 Å². The standard InChI is InChI=1S/C12H14N4O2/c1-3-5-8-10(12(18)16(2)15-8)11(17)9-6-4-7-13-14-9/h4,6-7,15H,3,5H2,1-2H3. The van der Waals surface area contributed by atoms with Crippen molar-refractivity contribution in [1.29, 1.82) is 0 Å². The number of rotatable bonds is 4. The van der Waals surface area contributed by atoms with Gasteiger partial charge in [-0.05, 0) is 18.6 Å². The first-order chi connectivity index (χ1) is 8.65. The zero-order valence-corrected chi connectivity index (χ0v) is 10.3. The van der Waals surface area contributed by atoms with Crippen molar-refractivity contribution in [3.05, 3.63) is 45.6 Å². The molecule has 0 aliphatic rings. The second kappa shape index (κ2) is 4.95. The summed E-state index contributed by atoms with van der Waals surface area (Å²) in [6.45, 7) is 1.99. The minimum Gasteiger partial charge on any atom is -0.299 e. The van der Waals surface area contributed by atoms with Crippen LogP contribution in [-0.2, 0) is 13.5 Å². The minimum absolute atomic E-state index is 0.167. The highest BCUT2D eigenvalue weighted by molar-refractivity contribution is 6.08. The molecule has 0 saturated carbocycles. The van der Waals surface area contributed by atoms with Crippen LogP contribution in [0.25, 0.3) is 0 Å². The van der Waals surface area contributed by atoms with Crippen molar-refractivity contribution in [3.8, 4) is 0 Å². The molecule has 0 aliphatic carbocycles. The highest BCUT2D eigenvalue weighted by Gasteiger charge is 2.21. The van der Waals surface area contributed by atoms with Gasteiger partial charge >= 0.3 is 0 Å². The number of nitrogens with one attached hydrogen (secondary N) is 1. The fourth-order valence-corrected chi connectivity index (χ4v) is 1.82. The summed E-state index contributed by atoms with van der Waals surface area (Å²) in [6.07, 6.45) is 2.98. The monoisotopic (exact) mass is 246 g/mol. The van der Waals surface area contributed by atoms with Gasteiger partial charge in [0, 0.05) is 18.9 Å². The van der Waals surface area contributed by atoms with E-state index in [2.05, 4.69) is 15.3 Å². The maximum atomic E-state index is 12.2. The van der Waals surface area contributed by atoms with Crippen LogP contribution in [0.5, 0.6) is 0 Å². The molecular formula is C12H14N4O2. The lowest BCUT2D eigenvalue weighted by atomic mass is 10.1. The van der Waals surface area contributed by atoms with Gasteiger partial charge in [0.05, 0.1) is 0 Å². The van der Waals surface area contributed by atoms with E-state index in [9.17, 15) is 9.59 Å². The Labute approximate surface area is 104 Å². The van der Waals surface area contributed by atoms with Crippen LogP contribution in [0.3, 0.4) is 0 Å². The molecule has 6 nitrogen and oxygen atoms in total. The second-order valence-corrected chi connectivity index (χ2v) is 4.02. The fraction of sp³-hybridized carbons (Fsp3) is 0.333. The van der Waals surface area contributed by atoms with E-state index in [0.29, 0.717) is 12.1 Å². The van der Waals surface area contributed by atoms with Gasteiger partial charge in [0.2, 0.25) is 5.78 Å². The smallest absolute Gasteiger partial charge is 0.277 e. The first-order valence-corrected chi connectivity index (χ1v) is 5.75. The Morgan fingerprint density at radius 3 is 2.89 bits per heavy atom. The van der Waals surface area contributed by atoms with E-state index in [1.54, 1.807) is 19.2 Å². The number of carbonyl (C=O) groups is 1. The Balaban J connectivity index is 2.51. The lowest BCUT2D eigenvalue weighted by Gasteiger charge is -1.98. The Bertz CT molecular complexity index is 613. The SMILES string of the molecule is CCCc1[nH]n(C)c(=O)c1C(=O)c1cccnn1. The van der Waals surface area contributed by atoms with E-state index < -0.39 is 0 Å². The van der Waals surface area contributed by atoms with Crippen LogP contribution in [0, 0.1) is 0 Å². The highest BCUT2D eigenvalue weighted by Crippen LogP contribution is 2.09. The molecule has 0 atom stereocenters. The summed E-state index contributed by atoms with van der Waals surface area (Å²) in [5.74, 6) is -0.381. The van der Waals surface area contributed by atoms with Crippen molar-refractivity contribution in [2.24, 2.45) is 7.05 Å². The summed E-state index contributed by atoms with van der Waals surface area (Å²) in [4.78, 5) is 24.2. The molecule has 0 aromatic carbocycles. The van der Waals surface area contributed by atoms with Crippen LogP contribution in [0.4, 0.5) is 0 Å². The normalized spacial score (nSPS) is 10.6. The van der Waals surface area contributed by atoms with Gasteiger partial charge in [-0.1, -0.05) is 13.3 Å². The summed E-state index contributed by atoms with van der Waals surface area (Å²) in [6, 6.07) is 3.17. The number of aryl methyl sites for hydroxylation is 2. The number of hydrogen-bond donors (Lipinski definition) is 1. The zero-order chi connectivity index (χ0) is 13.1. The van der Waals surface area contributed by atoms with Crippen molar-refractivity contribution in [3.63, 3.8) is 0 Å². The largest absolute Gasteiger partial charge is 0.299 e. The van der Waals surface area contributed by atoms with Crippen LogP contribution in [0.2, 0.25) is 0 Å². The molecule has 6 heteroatoms. The molecule has 2 aromatic heterocycles. The van der Waals surface area contributed by atoms with Gasteiger partial charge in [0.25, 0.3) is 5.56 Å². The van der Waals surface area contributed by atoms with Crippen molar-refractivity contribution < 1.29 is 4.79 Å². The van der Waals surface area contributed by atoms with Crippen molar-refractivity contribution in [2.45, 2.75) is 19.8 Å². The molecule has 2 aromatic rings. The number of ketones is 1. The lowest BCUT2D eigenvalue weighted by Crippen LogP contribution is -2.20. The predicted octanol–water partition coefficient (Wildman–Crippen LogP) is 0.687. The summed E-state index contributed by atoms with van der Waals surface area (Å²) < 4.78 is 1.31. The first kappa shape index (κ1) is 12.2. The van der Waals surface area contributed by atoms with Crippen LogP contribution in [-0.4, -0.2) is 25.8 Å².